The number of hydrogen-bond acceptors (Lipinski definition) is 5. The second-order valence-corrected chi connectivity index (χ2v) is 5.30. The first-order chi connectivity index (χ1) is 11.0. The first kappa shape index (κ1) is 17.1. The van der Waals surface area contributed by atoms with E-state index in [1.807, 2.05) is 0 Å². The van der Waals surface area contributed by atoms with Crippen molar-refractivity contribution in [1.82, 2.24) is 0 Å². The summed E-state index contributed by atoms with van der Waals surface area (Å²) in [5, 5.41) is 9.69. The Labute approximate surface area is 140 Å². The van der Waals surface area contributed by atoms with Crippen LogP contribution in [0.2, 0.25) is 0 Å². The van der Waals surface area contributed by atoms with Crippen LogP contribution in [-0.4, -0.2) is 31.4 Å². The maximum atomic E-state index is 12.7. The molecule has 5 nitrogen and oxygen atoms in total. The smallest absolute Gasteiger partial charge is 0.338 e. The van der Waals surface area contributed by atoms with Crippen LogP contribution in [-0.2, 0) is 4.74 Å². The first-order valence-electron chi connectivity index (χ1n) is 6.63. The number of ether oxygens (including phenoxy) is 3. The van der Waals surface area contributed by atoms with Crippen LogP contribution >= 0.6 is 15.9 Å². The quantitative estimate of drug-likeness (QED) is 0.609. The number of esters is 1. The third-order valence-corrected chi connectivity index (χ3v) is 3.49. The number of benzene rings is 2. The second-order valence-electron chi connectivity index (χ2n) is 4.45. The van der Waals surface area contributed by atoms with Crippen LogP contribution in [0, 0.1) is 5.82 Å². The molecule has 0 amide bonds. The van der Waals surface area contributed by atoms with Crippen molar-refractivity contribution in [2.75, 3.05) is 20.3 Å². The summed E-state index contributed by atoms with van der Waals surface area (Å²) < 4.78 is 28.4. The average molecular weight is 385 g/mol. The van der Waals surface area contributed by atoms with E-state index in [2.05, 4.69) is 15.9 Å². The van der Waals surface area contributed by atoms with Crippen LogP contribution in [0.25, 0.3) is 0 Å². The van der Waals surface area contributed by atoms with Gasteiger partial charge >= 0.3 is 5.97 Å². The molecule has 0 aliphatic heterocycles. The number of halogens is 2. The highest BCUT2D eigenvalue weighted by molar-refractivity contribution is 9.10. The van der Waals surface area contributed by atoms with Gasteiger partial charge in [0.1, 0.15) is 24.8 Å². The fraction of sp³-hybridized carbons (Fsp3) is 0.188. The van der Waals surface area contributed by atoms with Crippen molar-refractivity contribution in [3.05, 3.63) is 52.3 Å². The maximum Gasteiger partial charge on any atom is 0.338 e. The molecular weight excluding hydrogens is 371 g/mol. The Morgan fingerprint density at radius 1 is 1.22 bits per heavy atom. The molecule has 7 heteroatoms. The van der Waals surface area contributed by atoms with Gasteiger partial charge in [-0.15, -0.1) is 0 Å². The number of hydrogen-bond donors (Lipinski definition) is 1. The largest absolute Gasteiger partial charge is 0.503 e. The molecular formula is C16H14BrFO5. The minimum Gasteiger partial charge on any atom is -0.503 e. The van der Waals surface area contributed by atoms with Crippen LogP contribution in [0.5, 0.6) is 17.2 Å². The van der Waals surface area contributed by atoms with Crippen molar-refractivity contribution in [2.24, 2.45) is 0 Å². The van der Waals surface area contributed by atoms with Gasteiger partial charge < -0.3 is 19.3 Å². The summed E-state index contributed by atoms with van der Waals surface area (Å²) >= 11 is 3.13. The summed E-state index contributed by atoms with van der Waals surface area (Å²) in [4.78, 5) is 11.9. The third-order valence-electron chi connectivity index (χ3n) is 2.88. The molecule has 0 unspecified atom stereocenters. The number of methoxy groups -OCH3 is 1. The molecule has 0 saturated heterocycles. The van der Waals surface area contributed by atoms with Gasteiger partial charge in [-0.3, -0.25) is 0 Å². The van der Waals surface area contributed by atoms with E-state index < -0.39 is 5.97 Å². The Hall–Kier alpha value is -2.28. The molecule has 0 atom stereocenters. The van der Waals surface area contributed by atoms with Gasteiger partial charge in [0.2, 0.25) is 0 Å². The molecule has 2 rings (SSSR count). The van der Waals surface area contributed by atoms with E-state index >= 15 is 0 Å². The first-order valence-corrected chi connectivity index (χ1v) is 7.42. The summed E-state index contributed by atoms with van der Waals surface area (Å²) in [6, 6.07) is 8.34. The molecule has 1 N–H and O–H groups in total. The van der Waals surface area contributed by atoms with Crippen LogP contribution in [0.3, 0.4) is 0 Å². The number of carbonyl (C=O) groups is 1. The van der Waals surface area contributed by atoms with Gasteiger partial charge in [0.25, 0.3) is 0 Å². The van der Waals surface area contributed by atoms with Gasteiger partial charge in [-0.1, -0.05) is 0 Å². The minimum absolute atomic E-state index is 0.0248. The zero-order chi connectivity index (χ0) is 16.8. The van der Waals surface area contributed by atoms with E-state index in [1.165, 1.54) is 43.5 Å². The fourth-order valence-electron chi connectivity index (χ4n) is 1.76. The van der Waals surface area contributed by atoms with Crippen LogP contribution < -0.4 is 9.47 Å². The Bertz CT molecular complexity index is 688. The summed E-state index contributed by atoms with van der Waals surface area (Å²) in [6.45, 7) is 0.158. The van der Waals surface area contributed by atoms with E-state index in [4.69, 9.17) is 14.2 Å². The van der Waals surface area contributed by atoms with Crippen molar-refractivity contribution in [3.8, 4) is 17.2 Å². The Morgan fingerprint density at radius 3 is 2.57 bits per heavy atom. The number of aromatic hydroxyl groups is 1. The highest BCUT2D eigenvalue weighted by Gasteiger charge is 2.14. The normalized spacial score (nSPS) is 10.2. The van der Waals surface area contributed by atoms with Crippen molar-refractivity contribution < 1.29 is 28.5 Å². The summed E-state index contributed by atoms with van der Waals surface area (Å²) in [6.07, 6.45) is 0. The second kappa shape index (κ2) is 7.82. The van der Waals surface area contributed by atoms with Crippen molar-refractivity contribution in [1.29, 1.82) is 0 Å². The van der Waals surface area contributed by atoms with Gasteiger partial charge in [-0.25, -0.2) is 9.18 Å². The molecule has 0 bridgehead atoms. The fourth-order valence-corrected chi connectivity index (χ4v) is 2.20. The van der Waals surface area contributed by atoms with Crippen molar-refractivity contribution in [2.45, 2.75) is 0 Å². The van der Waals surface area contributed by atoms with E-state index in [0.717, 1.165) is 0 Å². The lowest BCUT2D eigenvalue weighted by Crippen LogP contribution is -2.12. The molecule has 0 aliphatic rings. The average Bonchev–Trinajstić information content (AvgIpc) is 2.55. The standard InChI is InChI=1S/C16H14BrFO5/c1-21-14-9-10(8-13(17)15(14)19)16(20)23-7-6-22-12-4-2-11(18)3-5-12/h2-5,8-9,19H,6-7H2,1H3. The molecule has 0 aliphatic carbocycles. The summed E-state index contributed by atoms with van der Waals surface area (Å²) in [5.74, 6) is -0.378. The monoisotopic (exact) mass is 384 g/mol. The summed E-state index contributed by atoms with van der Waals surface area (Å²) in [7, 11) is 1.38. The van der Waals surface area contributed by atoms with Crippen LogP contribution in [0.4, 0.5) is 4.39 Å². The molecule has 0 saturated carbocycles. The molecule has 0 heterocycles. The Balaban J connectivity index is 1.87. The number of phenols is 1. The highest BCUT2D eigenvalue weighted by atomic mass is 79.9. The van der Waals surface area contributed by atoms with Gasteiger partial charge in [-0.05, 0) is 52.3 Å². The topological polar surface area (TPSA) is 65.0 Å². The lowest BCUT2D eigenvalue weighted by molar-refractivity contribution is 0.0450. The molecule has 2 aromatic carbocycles. The molecule has 0 radical (unpaired) electrons. The number of rotatable bonds is 6. The summed E-state index contributed by atoms with van der Waals surface area (Å²) in [5.41, 5.74) is 0.230. The van der Waals surface area contributed by atoms with Crippen LogP contribution in [0.1, 0.15) is 10.4 Å². The Kier molecular flexibility index (Phi) is 5.81. The Morgan fingerprint density at radius 2 is 1.91 bits per heavy atom. The van der Waals surface area contributed by atoms with Gasteiger partial charge in [-0.2, -0.15) is 0 Å². The van der Waals surface area contributed by atoms with Gasteiger partial charge in [0, 0.05) is 0 Å². The minimum atomic E-state index is -0.577. The third kappa shape index (κ3) is 4.59. The van der Waals surface area contributed by atoms with Crippen molar-refractivity contribution >= 4 is 21.9 Å². The molecule has 0 aromatic heterocycles. The highest BCUT2D eigenvalue weighted by Crippen LogP contribution is 2.35. The maximum absolute atomic E-state index is 12.7. The number of phenolic OH excluding ortho intramolecular Hbond substituents is 1. The zero-order valence-corrected chi connectivity index (χ0v) is 13.8. The molecule has 23 heavy (non-hydrogen) atoms. The number of carbonyl (C=O) groups excluding carboxylic acids is 1. The molecule has 2 aromatic rings. The predicted molar refractivity (Wildman–Crippen MR) is 84.5 cm³/mol. The van der Waals surface area contributed by atoms with E-state index in [9.17, 15) is 14.3 Å². The SMILES string of the molecule is COc1cc(C(=O)OCCOc2ccc(F)cc2)cc(Br)c1O. The molecule has 122 valence electrons. The van der Waals surface area contributed by atoms with Gasteiger partial charge in [0.05, 0.1) is 17.1 Å². The van der Waals surface area contributed by atoms with E-state index in [0.29, 0.717) is 10.2 Å². The van der Waals surface area contributed by atoms with Crippen LogP contribution in [0.15, 0.2) is 40.9 Å². The molecule has 0 fully saturated rings. The lowest BCUT2D eigenvalue weighted by Gasteiger charge is -2.10. The van der Waals surface area contributed by atoms with E-state index in [1.54, 1.807) is 0 Å². The van der Waals surface area contributed by atoms with Gasteiger partial charge in [0.15, 0.2) is 11.5 Å². The lowest BCUT2D eigenvalue weighted by atomic mass is 10.2. The zero-order valence-electron chi connectivity index (χ0n) is 12.2. The molecule has 0 spiro atoms. The van der Waals surface area contributed by atoms with Crippen molar-refractivity contribution in [3.63, 3.8) is 0 Å². The van der Waals surface area contributed by atoms with E-state index in [-0.39, 0.29) is 36.1 Å². The predicted octanol–water partition coefficient (Wildman–Crippen LogP) is 3.54.